The lowest BCUT2D eigenvalue weighted by atomic mass is 10.2. The Hall–Kier alpha value is -0.100. The predicted molar refractivity (Wildman–Crippen MR) is 94.0 cm³/mol. The van der Waals surface area contributed by atoms with Crippen LogP contribution in [0.4, 0.5) is 0 Å². The summed E-state index contributed by atoms with van der Waals surface area (Å²) in [6, 6.07) is 8.29. The molecule has 2 aromatic rings. The third-order valence-electron chi connectivity index (χ3n) is 3.01. The molecule has 0 radical (unpaired) electrons. The molecular weight excluding hydrogens is 450 g/mol. The van der Waals surface area contributed by atoms with E-state index in [0.29, 0.717) is 0 Å². The Labute approximate surface area is 144 Å². The molecule has 0 fully saturated rings. The summed E-state index contributed by atoms with van der Waals surface area (Å²) in [6.45, 7) is 5.26. The second-order valence-corrected chi connectivity index (χ2v) is 7.25. The zero-order valence-corrected chi connectivity index (χ0v) is 16.1. The fraction of sp³-hybridized carbons (Fsp3) is 0.333. The molecule has 1 unspecified atom stereocenters. The topological polar surface area (TPSA) is 25.2 Å². The van der Waals surface area contributed by atoms with Crippen LogP contribution in [0.15, 0.2) is 42.1 Å². The minimum Gasteiger partial charge on any atom is -0.459 e. The van der Waals surface area contributed by atoms with Crippen molar-refractivity contribution in [3.05, 3.63) is 43.4 Å². The quantitative estimate of drug-likeness (QED) is 0.561. The molecule has 20 heavy (non-hydrogen) atoms. The Balaban J connectivity index is 2.29. The highest BCUT2D eigenvalue weighted by Gasteiger charge is 2.15. The number of rotatable bonds is 5. The van der Waals surface area contributed by atoms with Crippen LogP contribution in [0, 0.1) is 0 Å². The number of halogens is 3. The summed E-state index contributed by atoms with van der Waals surface area (Å²) in [5, 5.41) is 3.43. The molecule has 2 nitrogen and oxygen atoms in total. The molecule has 1 atom stereocenters. The van der Waals surface area contributed by atoms with Crippen molar-refractivity contribution in [3.8, 4) is 11.3 Å². The molecule has 1 heterocycles. The summed E-state index contributed by atoms with van der Waals surface area (Å²) in [5.41, 5.74) is 1.03. The van der Waals surface area contributed by atoms with E-state index in [1.165, 1.54) is 0 Å². The van der Waals surface area contributed by atoms with E-state index in [1.807, 2.05) is 24.3 Å². The lowest BCUT2D eigenvalue weighted by Crippen LogP contribution is -2.18. The molecule has 1 aromatic heterocycles. The van der Waals surface area contributed by atoms with Gasteiger partial charge in [-0.2, -0.15) is 0 Å². The van der Waals surface area contributed by atoms with Gasteiger partial charge in [0.05, 0.1) is 6.04 Å². The van der Waals surface area contributed by atoms with Crippen LogP contribution in [-0.4, -0.2) is 6.54 Å². The largest absolute Gasteiger partial charge is 0.459 e. The maximum absolute atomic E-state index is 5.99. The molecule has 0 aliphatic rings. The molecule has 0 saturated heterocycles. The zero-order chi connectivity index (χ0) is 14.7. The molecule has 5 heteroatoms. The molecule has 0 saturated carbocycles. The Morgan fingerprint density at radius 3 is 2.40 bits per heavy atom. The van der Waals surface area contributed by atoms with Gasteiger partial charge in [0.1, 0.15) is 11.5 Å². The number of furan rings is 1. The lowest BCUT2D eigenvalue weighted by Gasteiger charge is -2.10. The normalized spacial score (nSPS) is 12.7. The Morgan fingerprint density at radius 1 is 1.15 bits per heavy atom. The van der Waals surface area contributed by atoms with Gasteiger partial charge in [-0.05, 0) is 76.0 Å². The average molecular weight is 466 g/mol. The van der Waals surface area contributed by atoms with Gasteiger partial charge in [0.15, 0.2) is 0 Å². The van der Waals surface area contributed by atoms with Gasteiger partial charge in [0.25, 0.3) is 0 Å². The van der Waals surface area contributed by atoms with Gasteiger partial charge in [-0.3, -0.25) is 0 Å². The summed E-state index contributed by atoms with van der Waals surface area (Å²) in [5.74, 6) is 1.81. The van der Waals surface area contributed by atoms with Crippen molar-refractivity contribution in [3.63, 3.8) is 0 Å². The number of benzene rings is 1. The predicted octanol–water partition coefficient (Wildman–Crippen LogP) is 6.29. The monoisotopic (exact) mass is 463 g/mol. The van der Waals surface area contributed by atoms with Crippen molar-refractivity contribution in [2.45, 2.75) is 26.3 Å². The van der Waals surface area contributed by atoms with Crippen LogP contribution in [-0.2, 0) is 0 Å². The second-order valence-electron chi connectivity index (χ2n) is 4.62. The van der Waals surface area contributed by atoms with Crippen molar-refractivity contribution in [1.82, 2.24) is 5.32 Å². The van der Waals surface area contributed by atoms with Gasteiger partial charge in [0, 0.05) is 19.0 Å². The van der Waals surface area contributed by atoms with Crippen molar-refractivity contribution in [2.24, 2.45) is 0 Å². The molecule has 0 aliphatic carbocycles. The average Bonchev–Trinajstić information content (AvgIpc) is 2.84. The highest BCUT2D eigenvalue weighted by atomic mass is 79.9. The Bertz CT molecular complexity index is 572. The minimum atomic E-state index is 0.219. The fourth-order valence-corrected chi connectivity index (χ4v) is 4.61. The SMILES string of the molecule is CCCNC(C)c1ccc(-c2c(Br)cc(Br)cc2Br)o1. The smallest absolute Gasteiger partial charge is 0.136 e. The first-order chi connectivity index (χ1) is 9.52. The van der Waals surface area contributed by atoms with E-state index < -0.39 is 0 Å². The lowest BCUT2D eigenvalue weighted by molar-refractivity contribution is 0.438. The van der Waals surface area contributed by atoms with Crippen molar-refractivity contribution in [2.75, 3.05) is 6.54 Å². The highest BCUT2D eigenvalue weighted by Crippen LogP contribution is 2.39. The molecule has 0 spiro atoms. The van der Waals surface area contributed by atoms with Crippen molar-refractivity contribution < 1.29 is 4.42 Å². The molecule has 108 valence electrons. The van der Waals surface area contributed by atoms with Crippen LogP contribution in [0.5, 0.6) is 0 Å². The third-order valence-corrected chi connectivity index (χ3v) is 4.72. The van der Waals surface area contributed by atoms with Crippen LogP contribution in [0.1, 0.15) is 32.1 Å². The Morgan fingerprint density at radius 2 is 1.80 bits per heavy atom. The first-order valence-electron chi connectivity index (χ1n) is 6.51. The summed E-state index contributed by atoms with van der Waals surface area (Å²) in [4.78, 5) is 0. The van der Waals surface area contributed by atoms with Gasteiger partial charge in [-0.1, -0.05) is 22.9 Å². The maximum atomic E-state index is 5.99. The first kappa shape index (κ1) is 16.3. The number of hydrogen-bond donors (Lipinski definition) is 1. The fourth-order valence-electron chi connectivity index (χ4n) is 1.96. The van der Waals surface area contributed by atoms with Crippen LogP contribution in [0.3, 0.4) is 0 Å². The van der Waals surface area contributed by atoms with E-state index in [9.17, 15) is 0 Å². The van der Waals surface area contributed by atoms with E-state index in [2.05, 4.69) is 67.0 Å². The van der Waals surface area contributed by atoms with Gasteiger partial charge < -0.3 is 9.73 Å². The van der Waals surface area contributed by atoms with Crippen molar-refractivity contribution in [1.29, 1.82) is 0 Å². The van der Waals surface area contributed by atoms with E-state index in [4.69, 9.17) is 4.42 Å². The standard InChI is InChI=1S/C15H16Br3NO/c1-3-6-19-9(2)13-4-5-14(20-13)15-11(17)7-10(16)8-12(15)18/h4-5,7-9,19H,3,6H2,1-2H3. The Kier molecular flexibility index (Phi) is 5.90. The van der Waals surface area contributed by atoms with Gasteiger partial charge in [-0.25, -0.2) is 0 Å². The summed E-state index contributed by atoms with van der Waals surface area (Å²) in [6.07, 6.45) is 1.11. The van der Waals surface area contributed by atoms with Crippen LogP contribution in [0.2, 0.25) is 0 Å². The molecular formula is C15H16Br3NO. The maximum Gasteiger partial charge on any atom is 0.136 e. The van der Waals surface area contributed by atoms with E-state index in [1.54, 1.807) is 0 Å². The minimum absolute atomic E-state index is 0.219. The van der Waals surface area contributed by atoms with E-state index in [0.717, 1.165) is 43.5 Å². The molecule has 0 aliphatic heterocycles. The van der Waals surface area contributed by atoms with E-state index in [-0.39, 0.29) is 6.04 Å². The summed E-state index contributed by atoms with van der Waals surface area (Å²) >= 11 is 10.7. The van der Waals surface area contributed by atoms with Crippen LogP contribution >= 0.6 is 47.8 Å². The molecule has 1 aromatic carbocycles. The van der Waals surface area contributed by atoms with Crippen LogP contribution < -0.4 is 5.32 Å². The zero-order valence-electron chi connectivity index (χ0n) is 11.3. The molecule has 2 rings (SSSR count). The summed E-state index contributed by atoms with van der Waals surface area (Å²) in [7, 11) is 0. The summed E-state index contributed by atoms with van der Waals surface area (Å²) < 4.78 is 9.00. The second kappa shape index (κ2) is 7.25. The molecule has 0 amide bonds. The van der Waals surface area contributed by atoms with Crippen LogP contribution in [0.25, 0.3) is 11.3 Å². The highest BCUT2D eigenvalue weighted by molar-refractivity contribution is 9.11. The third kappa shape index (κ3) is 3.75. The van der Waals surface area contributed by atoms with Gasteiger partial charge in [-0.15, -0.1) is 0 Å². The molecule has 0 bridgehead atoms. The van der Waals surface area contributed by atoms with Gasteiger partial charge in [0.2, 0.25) is 0 Å². The van der Waals surface area contributed by atoms with Gasteiger partial charge >= 0.3 is 0 Å². The first-order valence-corrected chi connectivity index (χ1v) is 8.88. The molecule has 1 N–H and O–H groups in total. The van der Waals surface area contributed by atoms with Crippen molar-refractivity contribution >= 4 is 47.8 Å². The van der Waals surface area contributed by atoms with E-state index >= 15 is 0 Å². The number of hydrogen-bond acceptors (Lipinski definition) is 2. The number of nitrogens with one attached hydrogen (secondary N) is 1.